The number of rotatable bonds is 1. The Hall–Kier alpha value is -0.560. The van der Waals surface area contributed by atoms with Gasteiger partial charge in [-0.1, -0.05) is 43.1 Å². The molecule has 18 heavy (non-hydrogen) atoms. The van der Waals surface area contributed by atoms with Crippen molar-refractivity contribution >= 4 is 0 Å². The molecule has 0 aromatic heterocycles. The Labute approximate surface area is 112 Å². The first-order valence-corrected chi connectivity index (χ1v) is 6.97. The van der Waals surface area contributed by atoms with Crippen LogP contribution in [0.2, 0.25) is 0 Å². The molecule has 0 radical (unpaired) electrons. The highest BCUT2D eigenvalue weighted by molar-refractivity contribution is 5.67. The zero-order valence-corrected chi connectivity index (χ0v) is 13.4. The van der Waals surface area contributed by atoms with Crippen LogP contribution in [0.1, 0.15) is 62.3 Å². The predicted molar refractivity (Wildman–Crippen MR) is 77.4 cm³/mol. The first-order valence-electron chi connectivity index (χ1n) is 6.97. The third kappa shape index (κ3) is 0.943. The molecule has 1 N–H and O–H groups in total. The largest absolute Gasteiger partial charge is 0.389 e. The van der Waals surface area contributed by atoms with Gasteiger partial charge in [-0.3, -0.25) is 0 Å². The third-order valence-corrected chi connectivity index (χ3v) is 5.98. The molecule has 0 aromatic carbocycles. The number of allylic oxidation sites excluding steroid dienone is 2. The van der Waals surface area contributed by atoms with E-state index in [1.54, 1.807) is 0 Å². The SMILES string of the molecule is CC1=C(C)C2(C(C)(C)O)C(C)=C(C)C12C(C)(C)C. The Morgan fingerprint density at radius 1 is 0.667 bits per heavy atom. The van der Waals surface area contributed by atoms with Gasteiger partial charge in [0.1, 0.15) is 0 Å². The molecule has 0 heterocycles. The van der Waals surface area contributed by atoms with Gasteiger partial charge in [0.15, 0.2) is 0 Å². The lowest BCUT2D eigenvalue weighted by Crippen LogP contribution is -2.73. The van der Waals surface area contributed by atoms with Gasteiger partial charge in [-0.2, -0.15) is 0 Å². The van der Waals surface area contributed by atoms with E-state index in [1.165, 1.54) is 22.3 Å². The number of aliphatic hydroxyl groups is 1. The Morgan fingerprint density at radius 2 is 0.944 bits per heavy atom. The summed E-state index contributed by atoms with van der Waals surface area (Å²) in [5.41, 5.74) is 5.05. The second kappa shape index (κ2) is 3.12. The van der Waals surface area contributed by atoms with Crippen molar-refractivity contribution in [3.8, 4) is 0 Å². The van der Waals surface area contributed by atoms with Crippen LogP contribution < -0.4 is 0 Å². The first kappa shape index (κ1) is 13.9. The van der Waals surface area contributed by atoms with Crippen LogP contribution in [0.3, 0.4) is 0 Å². The van der Waals surface area contributed by atoms with Crippen LogP contribution >= 0.6 is 0 Å². The highest BCUT2D eigenvalue weighted by atomic mass is 16.3. The Kier molecular flexibility index (Phi) is 2.40. The fourth-order valence-electron chi connectivity index (χ4n) is 5.75. The summed E-state index contributed by atoms with van der Waals surface area (Å²) in [7, 11) is 0. The van der Waals surface area contributed by atoms with Gasteiger partial charge in [-0.05, 0) is 47.0 Å². The Balaban J connectivity index is 2.82. The summed E-state index contributed by atoms with van der Waals surface area (Å²) >= 11 is 0. The molecule has 0 bridgehead atoms. The Morgan fingerprint density at radius 3 is 1.11 bits per heavy atom. The smallest absolute Gasteiger partial charge is 0.0733 e. The Bertz CT molecular complexity index is 405. The van der Waals surface area contributed by atoms with E-state index in [4.69, 9.17) is 0 Å². The van der Waals surface area contributed by atoms with Gasteiger partial charge in [0.05, 0.1) is 11.0 Å². The van der Waals surface area contributed by atoms with E-state index >= 15 is 0 Å². The molecule has 2 rings (SSSR count). The molecule has 2 aliphatic rings. The predicted octanol–water partition coefficient (Wildman–Crippen LogP) is 4.48. The lowest BCUT2D eigenvalue weighted by molar-refractivity contribution is -0.147. The van der Waals surface area contributed by atoms with E-state index in [0.717, 1.165) is 0 Å². The van der Waals surface area contributed by atoms with Gasteiger partial charge < -0.3 is 5.11 Å². The van der Waals surface area contributed by atoms with Gasteiger partial charge in [0, 0.05) is 5.41 Å². The van der Waals surface area contributed by atoms with E-state index < -0.39 is 5.60 Å². The maximum atomic E-state index is 10.9. The molecule has 0 saturated heterocycles. The summed E-state index contributed by atoms with van der Waals surface area (Å²) in [5, 5.41) is 10.9. The van der Waals surface area contributed by atoms with E-state index in [2.05, 4.69) is 48.5 Å². The van der Waals surface area contributed by atoms with Crippen LogP contribution in [0.25, 0.3) is 0 Å². The van der Waals surface area contributed by atoms with Crippen molar-refractivity contribution in [1.29, 1.82) is 0 Å². The normalized spacial score (nSPS) is 36.3. The number of fused-ring (bicyclic) bond motifs is 1. The van der Waals surface area contributed by atoms with Crippen LogP contribution in [-0.4, -0.2) is 10.7 Å². The quantitative estimate of drug-likeness (QED) is 0.678. The minimum Gasteiger partial charge on any atom is -0.389 e. The molecule has 0 amide bonds. The average Bonchev–Trinajstić information content (AvgIpc) is 2.17. The molecule has 2 aliphatic carbocycles. The first-order chi connectivity index (χ1) is 7.88. The molecule has 0 spiro atoms. The maximum Gasteiger partial charge on any atom is 0.0733 e. The second-order valence-electron chi connectivity index (χ2n) is 7.81. The van der Waals surface area contributed by atoms with Crippen molar-refractivity contribution in [3.63, 3.8) is 0 Å². The lowest BCUT2D eigenvalue weighted by atomic mass is 9.26. The molecule has 0 fully saturated rings. The standard InChI is InChI=1S/C17H28O/c1-10-12(3)17(15(8,9)18)13(4)11(2)16(10,17)14(5,6)7/h18H,1-9H3. The molecule has 0 aliphatic heterocycles. The van der Waals surface area contributed by atoms with E-state index in [0.29, 0.717) is 0 Å². The molecule has 1 nitrogen and oxygen atoms in total. The highest BCUT2D eigenvalue weighted by Gasteiger charge is 2.78. The summed E-state index contributed by atoms with van der Waals surface area (Å²) in [6.07, 6.45) is 0. The van der Waals surface area contributed by atoms with Crippen LogP contribution in [0, 0.1) is 16.2 Å². The van der Waals surface area contributed by atoms with Gasteiger partial charge in [-0.25, -0.2) is 0 Å². The lowest BCUT2D eigenvalue weighted by Gasteiger charge is -2.77. The molecular formula is C17H28O. The monoisotopic (exact) mass is 248 g/mol. The molecule has 0 saturated carbocycles. The van der Waals surface area contributed by atoms with Crippen molar-refractivity contribution in [3.05, 3.63) is 22.3 Å². The van der Waals surface area contributed by atoms with Crippen molar-refractivity contribution in [2.24, 2.45) is 16.2 Å². The molecular weight excluding hydrogens is 220 g/mol. The van der Waals surface area contributed by atoms with Crippen LogP contribution in [-0.2, 0) is 0 Å². The van der Waals surface area contributed by atoms with Crippen LogP contribution in [0.4, 0.5) is 0 Å². The molecule has 102 valence electrons. The number of hydrogen-bond donors (Lipinski definition) is 1. The molecule has 0 unspecified atom stereocenters. The summed E-state index contributed by atoms with van der Waals surface area (Å²) < 4.78 is 0. The average molecular weight is 248 g/mol. The van der Waals surface area contributed by atoms with Crippen LogP contribution in [0.15, 0.2) is 22.3 Å². The van der Waals surface area contributed by atoms with Crippen molar-refractivity contribution in [2.45, 2.75) is 67.9 Å². The molecule has 1 heteroatoms. The van der Waals surface area contributed by atoms with Crippen molar-refractivity contribution in [2.75, 3.05) is 0 Å². The zero-order chi connectivity index (χ0) is 14.3. The van der Waals surface area contributed by atoms with Crippen LogP contribution in [0.5, 0.6) is 0 Å². The van der Waals surface area contributed by atoms with Gasteiger partial charge in [0.2, 0.25) is 0 Å². The van der Waals surface area contributed by atoms with Crippen molar-refractivity contribution < 1.29 is 5.11 Å². The zero-order valence-electron chi connectivity index (χ0n) is 13.4. The van der Waals surface area contributed by atoms with Gasteiger partial charge in [0.25, 0.3) is 0 Å². The molecule has 0 aromatic rings. The summed E-state index contributed by atoms with van der Waals surface area (Å²) in [6.45, 7) is 19.8. The second-order valence-corrected chi connectivity index (χ2v) is 7.81. The summed E-state index contributed by atoms with van der Waals surface area (Å²) in [6, 6.07) is 0. The highest BCUT2D eigenvalue weighted by Crippen LogP contribution is 2.83. The van der Waals surface area contributed by atoms with Gasteiger partial charge in [-0.15, -0.1) is 0 Å². The fraction of sp³-hybridized carbons (Fsp3) is 0.765. The third-order valence-electron chi connectivity index (χ3n) is 5.98. The van der Waals surface area contributed by atoms with E-state index in [9.17, 15) is 5.11 Å². The van der Waals surface area contributed by atoms with Crippen molar-refractivity contribution in [1.82, 2.24) is 0 Å². The summed E-state index contributed by atoms with van der Waals surface area (Å²) in [4.78, 5) is 0. The summed E-state index contributed by atoms with van der Waals surface area (Å²) in [5.74, 6) is 0. The van der Waals surface area contributed by atoms with E-state index in [-0.39, 0.29) is 16.2 Å². The molecule has 0 atom stereocenters. The topological polar surface area (TPSA) is 20.2 Å². The minimum atomic E-state index is -0.701. The van der Waals surface area contributed by atoms with Gasteiger partial charge >= 0.3 is 0 Å². The fourth-order valence-corrected chi connectivity index (χ4v) is 5.75. The maximum absolute atomic E-state index is 10.9. The van der Waals surface area contributed by atoms with E-state index in [1.807, 2.05) is 13.8 Å². The number of hydrogen-bond acceptors (Lipinski definition) is 1. The minimum absolute atomic E-state index is 0.0480.